The molecule has 0 spiro atoms. The molecule has 3 rings (SSSR count). The number of ether oxygens (including phenoxy) is 2. The molecule has 6 nitrogen and oxygen atoms in total. The summed E-state index contributed by atoms with van der Waals surface area (Å²) < 4.78 is 37.8. The number of sulfonamides is 1. The molecule has 1 aromatic heterocycles. The topological polar surface area (TPSA) is 68.7 Å². The van der Waals surface area contributed by atoms with Crippen LogP contribution in [0.25, 0.3) is 0 Å². The standard InChI is InChI=1S/C15H22N2O4S/c1-2-7-22(18,19)17-8-15(13-10-20-11-14(13)17)21-9-12-5-3-4-6-16-12/h3-6,13-15H,2,7-11H2,1H3/t13-,14+,15-/m0/s1. The van der Waals surface area contributed by atoms with Gasteiger partial charge in [-0.1, -0.05) is 13.0 Å². The van der Waals surface area contributed by atoms with Gasteiger partial charge in [-0.25, -0.2) is 8.42 Å². The number of hydrogen-bond donors (Lipinski definition) is 0. The van der Waals surface area contributed by atoms with E-state index >= 15 is 0 Å². The molecule has 1 aromatic rings. The minimum absolute atomic E-state index is 0.0784. The first kappa shape index (κ1) is 15.9. The Morgan fingerprint density at radius 2 is 2.27 bits per heavy atom. The summed E-state index contributed by atoms with van der Waals surface area (Å²) in [5.41, 5.74) is 0.854. The monoisotopic (exact) mass is 326 g/mol. The van der Waals surface area contributed by atoms with Crippen LogP contribution in [0.5, 0.6) is 0 Å². The van der Waals surface area contributed by atoms with Gasteiger partial charge in [0, 0.05) is 18.7 Å². The van der Waals surface area contributed by atoms with E-state index in [0.717, 1.165) is 5.69 Å². The van der Waals surface area contributed by atoms with Gasteiger partial charge in [-0.3, -0.25) is 4.98 Å². The van der Waals surface area contributed by atoms with Gasteiger partial charge in [-0.05, 0) is 18.6 Å². The molecule has 0 aliphatic carbocycles. The van der Waals surface area contributed by atoms with Gasteiger partial charge in [-0.15, -0.1) is 0 Å². The van der Waals surface area contributed by atoms with E-state index in [1.165, 1.54) is 0 Å². The lowest BCUT2D eigenvalue weighted by Gasteiger charge is -2.21. The summed E-state index contributed by atoms with van der Waals surface area (Å²) >= 11 is 0. The Kier molecular flexibility index (Phi) is 4.77. The molecular formula is C15H22N2O4S. The number of rotatable bonds is 6. The van der Waals surface area contributed by atoms with Crippen molar-refractivity contribution in [3.05, 3.63) is 30.1 Å². The van der Waals surface area contributed by atoms with Crippen LogP contribution in [-0.4, -0.2) is 55.4 Å². The molecule has 122 valence electrons. The molecule has 7 heteroatoms. The van der Waals surface area contributed by atoms with Crippen LogP contribution in [0.3, 0.4) is 0 Å². The quantitative estimate of drug-likeness (QED) is 0.781. The molecule has 0 saturated carbocycles. The molecule has 0 radical (unpaired) electrons. The molecule has 0 aromatic carbocycles. The minimum atomic E-state index is -3.22. The Morgan fingerprint density at radius 3 is 3.00 bits per heavy atom. The largest absolute Gasteiger partial charge is 0.379 e. The molecule has 2 saturated heterocycles. The zero-order chi connectivity index (χ0) is 15.6. The fraction of sp³-hybridized carbons (Fsp3) is 0.667. The van der Waals surface area contributed by atoms with Gasteiger partial charge >= 0.3 is 0 Å². The van der Waals surface area contributed by atoms with Crippen LogP contribution in [-0.2, 0) is 26.1 Å². The van der Waals surface area contributed by atoms with Crippen molar-refractivity contribution in [3.8, 4) is 0 Å². The number of nitrogens with zero attached hydrogens (tertiary/aromatic N) is 2. The highest BCUT2D eigenvalue weighted by atomic mass is 32.2. The van der Waals surface area contributed by atoms with Crippen molar-refractivity contribution in [1.82, 2.24) is 9.29 Å². The van der Waals surface area contributed by atoms with E-state index in [1.54, 1.807) is 10.5 Å². The van der Waals surface area contributed by atoms with Gasteiger partial charge in [0.2, 0.25) is 10.0 Å². The lowest BCUT2D eigenvalue weighted by molar-refractivity contribution is 0.0112. The van der Waals surface area contributed by atoms with Crippen molar-refractivity contribution < 1.29 is 17.9 Å². The number of aromatic nitrogens is 1. The third kappa shape index (κ3) is 3.17. The average Bonchev–Trinajstić information content (AvgIpc) is 3.08. The molecule has 2 aliphatic heterocycles. The van der Waals surface area contributed by atoms with Gasteiger partial charge in [0.1, 0.15) is 0 Å². The highest BCUT2D eigenvalue weighted by Gasteiger charge is 2.50. The Hall–Kier alpha value is -1.02. The molecule has 0 unspecified atom stereocenters. The second-order valence-electron chi connectivity index (χ2n) is 5.82. The van der Waals surface area contributed by atoms with Crippen molar-refractivity contribution in [2.24, 2.45) is 5.92 Å². The van der Waals surface area contributed by atoms with Gasteiger partial charge in [0.05, 0.1) is 43.4 Å². The fourth-order valence-corrected chi connectivity index (χ4v) is 4.96. The second-order valence-corrected chi connectivity index (χ2v) is 7.87. The lowest BCUT2D eigenvalue weighted by atomic mass is 10.0. The van der Waals surface area contributed by atoms with E-state index in [4.69, 9.17) is 9.47 Å². The zero-order valence-electron chi connectivity index (χ0n) is 12.7. The van der Waals surface area contributed by atoms with E-state index in [9.17, 15) is 8.42 Å². The third-order valence-corrected chi connectivity index (χ3v) is 6.35. The van der Waals surface area contributed by atoms with Crippen LogP contribution in [0.4, 0.5) is 0 Å². The molecular weight excluding hydrogens is 304 g/mol. The van der Waals surface area contributed by atoms with E-state index in [-0.39, 0.29) is 23.8 Å². The van der Waals surface area contributed by atoms with Crippen LogP contribution in [0.1, 0.15) is 19.0 Å². The first-order valence-corrected chi connectivity index (χ1v) is 9.31. The number of pyridine rings is 1. The highest BCUT2D eigenvalue weighted by Crippen LogP contribution is 2.34. The molecule has 2 fully saturated rings. The summed E-state index contributed by atoms with van der Waals surface area (Å²) in [4.78, 5) is 4.23. The number of hydrogen-bond acceptors (Lipinski definition) is 5. The molecule has 0 amide bonds. The van der Waals surface area contributed by atoms with E-state index < -0.39 is 10.0 Å². The second kappa shape index (κ2) is 6.62. The summed E-state index contributed by atoms with van der Waals surface area (Å²) in [7, 11) is -3.22. The summed E-state index contributed by atoms with van der Waals surface area (Å²) in [5.74, 6) is 0.304. The Labute approximate surface area is 131 Å². The van der Waals surface area contributed by atoms with Crippen molar-refractivity contribution in [2.45, 2.75) is 32.1 Å². The molecule has 0 bridgehead atoms. The highest BCUT2D eigenvalue weighted by molar-refractivity contribution is 7.89. The molecule has 22 heavy (non-hydrogen) atoms. The van der Waals surface area contributed by atoms with E-state index in [2.05, 4.69) is 4.98 Å². The first-order valence-electron chi connectivity index (χ1n) is 7.70. The van der Waals surface area contributed by atoms with Gasteiger partial charge in [0.25, 0.3) is 0 Å². The van der Waals surface area contributed by atoms with Crippen LogP contribution in [0, 0.1) is 5.92 Å². The maximum absolute atomic E-state index is 12.4. The summed E-state index contributed by atoms with van der Waals surface area (Å²) in [6, 6.07) is 5.60. The minimum Gasteiger partial charge on any atom is -0.379 e. The predicted octanol–water partition coefficient (Wildman–Crippen LogP) is 1.04. The maximum Gasteiger partial charge on any atom is 0.214 e. The first-order chi connectivity index (χ1) is 10.6. The summed E-state index contributed by atoms with van der Waals surface area (Å²) in [5, 5.41) is 0. The normalized spacial score (nSPS) is 28.9. The third-order valence-electron chi connectivity index (χ3n) is 4.29. The Bertz CT molecular complexity index is 593. The van der Waals surface area contributed by atoms with Gasteiger partial charge in [0.15, 0.2) is 0 Å². The fourth-order valence-electron chi connectivity index (χ4n) is 3.21. The molecule has 3 atom stereocenters. The Morgan fingerprint density at radius 1 is 1.41 bits per heavy atom. The van der Waals surface area contributed by atoms with Crippen molar-refractivity contribution in [2.75, 3.05) is 25.5 Å². The summed E-state index contributed by atoms with van der Waals surface area (Å²) in [6.07, 6.45) is 2.23. The Balaban J connectivity index is 1.68. The van der Waals surface area contributed by atoms with Crippen LogP contribution >= 0.6 is 0 Å². The van der Waals surface area contributed by atoms with Gasteiger partial charge < -0.3 is 9.47 Å². The SMILES string of the molecule is CCCS(=O)(=O)N1C[C@H](OCc2ccccn2)[C@H]2COC[C@H]21. The molecule has 0 N–H and O–H groups in total. The van der Waals surface area contributed by atoms with Crippen molar-refractivity contribution >= 4 is 10.0 Å². The van der Waals surface area contributed by atoms with Crippen molar-refractivity contribution in [3.63, 3.8) is 0 Å². The summed E-state index contributed by atoms with van der Waals surface area (Å²) in [6.45, 7) is 3.74. The lowest BCUT2D eigenvalue weighted by Crippen LogP contribution is -2.39. The maximum atomic E-state index is 12.4. The van der Waals surface area contributed by atoms with E-state index in [1.807, 2.05) is 25.1 Å². The van der Waals surface area contributed by atoms with Crippen LogP contribution < -0.4 is 0 Å². The van der Waals surface area contributed by atoms with Gasteiger partial charge in [-0.2, -0.15) is 4.31 Å². The van der Waals surface area contributed by atoms with Crippen LogP contribution in [0.15, 0.2) is 24.4 Å². The van der Waals surface area contributed by atoms with Crippen molar-refractivity contribution in [1.29, 1.82) is 0 Å². The van der Waals surface area contributed by atoms with Crippen LogP contribution in [0.2, 0.25) is 0 Å². The molecule has 3 heterocycles. The predicted molar refractivity (Wildman–Crippen MR) is 81.7 cm³/mol. The average molecular weight is 326 g/mol. The smallest absolute Gasteiger partial charge is 0.214 e. The zero-order valence-corrected chi connectivity index (χ0v) is 13.5. The number of fused-ring (bicyclic) bond motifs is 1. The molecule has 2 aliphatic rings. The van der Waals surface area contributed by atoms with E-state index in [0.29, 0.717) is 32.8 Å².